The minimum absolute atomic E-state index is 0.000466. The summed E-state index contributed by atoms with van der Waals surface area (Å²) in [7, 11) is 0. The Morgan fingerprint density at radius 1 is 0.968 bits per heavy atom. The number of carbonyl (C=O) groups is 2. The zero-order chi connectivity index (χ0) is 22.2. The first kappa shape index (κ1) is 23.1. The van der Waals surface area contributed by atoms with Crippen molar-refractivity contribution in [3.8, 4) is 0 Å². The van der Waals surface area contributed by atoms with Crippen molar-refractivity contribution in [2.24, 2.45) is 0 Å². The molecule has 0 heterocycles. The summed E-state index contributed by atoms with van der Waals surface area (Å²) >= 11 is 0. The van der Waals surface area contributed by atoms with Crippen molar-refractivity contribution in [2.45, 2.75) is 84.3 Å². The maximum Gasteiger partial charge on any atom is 0.243 e. The third-order valence-corrected chi connectivity index (χ3v) is 6.17. The van der Waals surface area contributed by atoms with E-state index < -0.39 is 6.04 Å². The topological polar surface area (TPSA) is 49.4 Å². The smallest absolute Gasteiger partial charge is 0.243 e. The molecule has 1 atom stereocenters. The third kappa shape index (κ3) is 6.68. The number of aryl methyl sites for hydroxylation is 2. The van der Waals surface area contributed by atoms with E-state index in [-0.39, 0.29) is 17.9 Å². The van der Waals surface area contributed by atoms with Crippen LogP contribution >= 0.6 is 0 Å². The minimum Gasteiger partial charge on any atom is -0.352 e. The molecule has 31 heavy (non-hydrogen) atoms. The maximum absolute atomic E-state index is 13.5. The molecule has 2 aromatic rings. The molecule has 4 heteroatoms. The lowest BCUT2D eigenvalue weighted by molar-refractivity contribution is -0.141. The number of benzene rings is 2. The van der Waals surface area contributed by atoms with Crippen LogP contribution in [0, 0.1) is 13.8 Å². The van der Waals surface area contributed by atoms with E-state index in [0.29, 0.717) is 19.4 Å². The fourth-order valence-electron chi connectivity index (χ4n) is 4.69. The van der Waals surface area contributed by atoms with Crippen LogP contribution in [0.2, 0.25) is 0 Å². The highest BCUT2D eigenvalue weighted by atomic mass is 16.2. The van der Waals surface area contributed by atoms with Crippen molar-refractivity contribution in [3.05, 3.63) is 70.8 Å². The molecular weight excluding hydrogens is 384 g/mol. The average molecular weight is 421 g/mol. The van der Waals surface area contributed by atoms with Crippen LogP contribution in [0.3, 0.4) is 0 Å². The van der Waals surface area contributed by atoms with Crippen LogP contribution in [0.5, 0.6) is 0 Å². The monoisotopic (exact) mass is 420 g/mol. The van der Waals surface area contributed by atoms with Gasteiger partial charge in [-0.2, -0.15) is 0 Å². The van der Waals surface area contributed by atoms with Gasteiger partial charge in [-0.25, -0.2) is 0 Å². The summed E-state index contributed by atoms with van der Waals surface area (Å²) < 4.78 is 0. The molecule has 2 amide bonds. The largest absolute Gasteiger partial charge is 0.352 e. The van der Waals surface area contributed by atoms with Gasteiger partial charge >= 0.3 is 0 Å². The minimum atomic E-state index is -0.458. The van der Waals surface area contributed by atoms with Gasteiger partial charge in [-0.05, 0) is 44.2 Å². The fourth-order valence-corrected chi connectivity index (χ4v) is 4.69. The lowest BCUT2D eigenvalue weighted by Gasteiger charge is -2.33. The van der Waals surface area contributed by atoms with Gasteiger partial charge in [0.05, 0.1) is 6.42 Å². The van der Waals surface area contributed by atoms with E-state index in [1.165, 1.54) is 19.3 Å². The standard InChI is InChI=1S/C27H36N2O2/c1-4-25(27(31)28-24-13-9-6-10-14-24)29(19-22-11-7-5-8-12-22)26(30)18-23-16-20(2)15-21(3)17-23/h5,7-8,11-12,15-17,24-25H,4,6,9-10,13-14,18-19H2,1-3H3,(H,28,31)/t25-/m0/s1. The van der Waals surface area contributed by atoms with Gasteiger partial charge in [0.1, 0.15) is 6.04 Å². The highest BCUT2D eigenvalue weighted by Crippen LogP contribution is 2.20. The Morgan fingerprint density at radius 3 is 2.23 bits per heavy atom. The van der Waals surface area contributed by atoms with E-state index >= 15 is 0 Å². The first-order chi connectivity index (χ1) is 15.0. The molecule has 0 unspecified atom stereocenters. The summed E-state index contributed by atoms with van der Waals surface area (Å²) in [5, 5.41) is 3.24. The predicted octanol–water partition coefficient (Wildman–Crippen LogP) is 5.10. The molecule has 0 aromatic heterocycles. The second-order valence-corrected chi connectivity index (χ2v) is 8.95. The highest BCUT2D eigenvalue weighted by Gasteiger charge is 2.30. The van der Waals surface area contributed by atoms with Crippen LogP contribution in [0.15, 0.2) is 48.5 Å². The first-order valence-corrected chi connectivity index (χ1v) is 11.7. The van der Waals surface area contributed by atoms with Crippen LogP contribution in [0.25, 0.3) is 0 Å². The number of hydrogen-bond donors (Lipinski definition) is 1. The van der Waals surface area contributed by atoms with Gasteiger partial charge in [0.2, 0.25) is 11.8 Å². The molecular formula is C27H36N2O2. The summed E-state index contributed by atoms with van der Waals surface area (Å²) in [5.74, 6) is -0.0152. The second-order valence-electron chi connectivity index (χ2n) is 8.95. The second kappa shape index (κ2) is 11.1. The van der Waals surface area contributed by atoms with Crippen LogP contribution in [0.1, 0.15) is 67.7 Å². The summed E-state index contributed by atoms with van der Waals surface area (Å²) in [6.07, 6.45) is 6.57. The Bertz CT molecular complexity index is 852. The Balaban J connectivity index is 1.80. The molecule has 1 aliphatic rings. The van der Waals surface area contributed by atoms with E-state index in [1.54, 1.807) is 4.90 Å². The van der Waals surface area contributed by atoms with Crippen LogP contribution in [-0.4, -0.2) is 28.8 Å². The zero-order valence-electron chi connectivity index (χ0n) is 19.2. The number of nitrogens with one attached hydrogen (secondary N) is 1. The van der Waals surface area contributed by atoms with Gasteiger partial charge in [0, 0.05) is 12.6 Å². The Morgan fingerprint density at radius 2 is 1.61 bits per heavy atom. The molecule has 0 radical (unpaired) electrons. The van der Waals surface area contributed by atoms with Crippen LogP contribution < -0.4 is 5.32 Å². The van der Waals surface area contributed by atoms with Crippen LogP contribution in [0.4, 0.5) is 0 Å². The van der Waals surface area contributed by atoms with Crippen molar-refractivity contribution < 1.29 is 9.59 Å². The third-order valence-electron chi connectivity index (χ3n) is 6.17. The molecule has 1 N–H and O–H groups in total. The molecule has 1 fully saturated rings. The quantitative estimate of drug-likeness (QED) is 0.646. The van der Waals surface area contributed by atoms with Crippen LogP contribution in [-0.2, 0) is 22.6 Å². The van der Waals surface area contributed by atoms with Gasteiger partial charge in [-0.15, -0.1) is 0 Å². The average Bonchev–Trinajstić information content (AvgIpc) is 2.74. The number of carbonyl (C=O) groups excluding carboxylic acids is 2. The lowest BCUT2D eigenvalue weighted by Crippen LogP contribution is -2.51. The summed E-state index contributed by atoms with van der Waals surface area (Å²) in [5.41, 5.74) is 4.35. The fraction of sp³-hybridized carbons (Fsp3) is 0.481. The molecule has 0 bridgehead atoms. The number of nitrogens with zero attached hydrogens (tertiary/aromatic N) is 1. The van der Waals surface area contributed by atoms with Gasteiger partial charge in [0.15, 0.2) is 0 Å². The molecule has 0 aliphatic heterocycles. The Hall–Kier alpha value is -2.62. The molecule has 4 nitrogen and oxygen atoms in total. The van der Waals surface area contributed by atoms with Crippen molar-refractivity contribution >= 4 is 11.8 Å². The van der Waals surface area contributed by atoms with Gasteiger partial charge in [0.25, 0.3) is 0 Å². The molecule has 0 saturated heterocycles. The van der Waals surface area contributed by atoms with Gasteiger partial charge in [-0.3, -0.25) is 9.59 Å². The summed E-state index contributed by atoms with van der Waals surface area (Å²) in [4.78, 5) is 28.5. The molecule has 0 spiro atoms. The number of rotatable bonds is 8. The maximum atomic E-state index is 13.5. The van der Waals surface area contributed by atoms with E-state index in [0.717, 1.165) is 35.1 Å². The summed E-state index contributed by atoms with van der Waals surface area (Å²) in [6.45, 7) is 6.54. The number of hydrogen-bond acceptors (Lipinski definition) is 2. The normalized spacial score (nSPS) is 15.3. The van der Waals surface area contributed by atoms with Crippen molar-refractivity contribution in [3.63, 3.8) is 0 Å². The predicted molar refractivity (Wildman–Crippen MR) is 126 cm³/mol. The SMILES string of the molecule is CC[C@@H](C(=O)NC1CCCCC1)N(Cc1ccccc1)C(=O)Cc1cc(C)cc(C)c1. The highest BCUT2D eigenvalue weighted by molar-refractivity contribution is 5.88. The van der Waals surface area contributed by atoms with Crippen molar-refractivity contribution in [1.82, 2.24) is 10.2 Å². The first-order valence-electron chi connectivity index (χ1n) is 11.7. The number of amides is 2. The Kier molecular flexibility index (Phi) is 8.27. The van der Waals surface area contributed by atoms with E-state index in [9.17, 15) is 9.59 Å². The van der Waals surface area contributed by atoms with Gasteiger partial charge < -0.3 is 10.2 Å². The van der Waals surface area contributed by atoms with E-state index in [4.69, 9.17) is 0 Å². The van der Waals surface area contributed by atoms with E-state index in [1.807, 2.05) is 37.3 Å². The molecule has 166 valence electrons. The van der Waals surface area contributed by atoms with E-state index in [2.05, 4.69) is 37.4 Å². The lowest BCUT2D eigenvalue weighted by atomic mass is 9.95. The summed E-state index contributed by atoms with van der Waals surface area (Å²) in [6, 6.07) is 16.0. The zero-order valence-corrected chi connectivity index (χ0v) is 19.2. The Labute approximate surface area is 187 Å². The molecule has 1 saturated carbocycles. The van der Waals surface area contributed by atoms with Crippen molar-refractivity contribution in [2.75, 3.05) is 0 Å². The molecule has 1 aliphatic carbocycles. The van der Waals surface area contributed by atoms with Crippen molar-refractivity contribution in [1.29, 1.82) is 0 Å². The molecule has 3 rings (SSSR count). The molecule has 2 aromatic carbocycles. The van der Waals surface area contributed by atoms with Gasteiger partial charge in [-0.1, -0.05) is 85.8 Å².